The van der Waals surface area contributed by atoms with Crippen LogP contribution in [0.4, 0.5) is 10.1 Å². The lowest BCUT2D eigenvalue weighted by Gasteiger charge is -2.29. The number of hydrogen-bond donors (Lipinski definition) is 1. The van der Waals surface area contributed by atoms with E-state index >= 15 is 0 Å². The summed E-state index contributed by atoms with van der Waals surface area (Å²) in [5, 5.41) is 8.88. The first-order valence-electron chi connectivity index (χ1n) is 6.40. The highest BCUT2D eigenvalue weighted by atomic mass is 19.1. The molecule has 100 valence electrons. The summed E-state index contributed by atoms with van der Waals surface area (Å²) in [6.45, 7) is 0.584. The molecule has 1 aromatic rings. The van der Waals surface area contributed by atoms with Gasteiger partial charge in [-0.1, -0.05) is 0 Å². The molecule has 3 rings (SSSR count). The normalized spacial score (nSPS) is 24.8. The van der Waals surface area contributed by atoms with Gasteiger partial charge in [0.15, 0.2) is 0 Å². The summed E-state index contributed by atoms with van der Waals surface area (Å²) in [6.07, 6.45) is 1.96. The van der Waals surface area contributed by atoms with Crippen molar-refractivity contribution in [2.24, 2.45) is 11.8 Å². The van der Waals surface area contributed by atoms with E-state index in [1.54, 1.807) is 11.0 Å². The van der Waals surface area contributed by atoms with Crippen molar-refractivity contribution in [3.8, 4) is 0 Å². The average Bonchev–Trinajstić information content (AvgIpc) is 3.17. The Morgan fingerprint density at radius 2 is 2.11 bits per heavy atom. The fourth-order valence-electron chi connectivity index (χ4n) is 2.74. The fourth-order valence-corrected chi connectivity index (χ4v) is 2.74. The Labute approximate surface area is 109 Å². The van der Waals surface area contributed by atoms with Crippen LogP contribution in [0.3, 0.4) is 0 Å². The lowest BCUT2D eigenvalue weighted by atomic mass is 10.0. The molecule has 0 unspecified atom stereocenters. The van der Waals surface area contributed by atoms with Gasteiger partial charge < -0.3 is 10.0 Å². The largest absolute Gasteiger partial charge is 0.481 e. The number of aryl methyl sites for hydroxylation is 1. The smallest absolute Gasteiger partial charge is 0.307 e. The van der Waals surface area contributed by atoms with Gasteiger partial charge in [0, 0.05) is 12.2 Å². The number of carbonyl (C=O) groups is 2. The zero-order valence-electron chi connectivity index (χ0n) is 10.3. The van der Waals surface area contributed by atoms with E-state index in [0.29, 0.717) is 13.0 Å². The third kappa shape index (κ3) is 2.09. The van der Waals surface area contributed by atoms with Crippen LogP contribution in [0.5, 0.6) is 0 Å². The van der Waals surface area contributed by atoms with Gasteiger partial charge in [0.2, 0.25) is 5.91 Å². The molecule has 1 aliphatic heterocycles. The minimum atomic E-state index is -0.908. The lowest BCUT2D eigenvalue weighted by molar-refractivity contribution is -0.140. The first-order chi connectivity index (χ1) is 9.08. The molecule has 2 atom stereocenters. The number of hydrogen-bond acceptors (Lipinski definition) is 2. The molecule has 1 aromatic carbocycles. The van der Waals surface area contributed by atoms with E-state index in [4.69, 9.17) is 5.11 Å². The molecule has 1 heterocycles. The molecule has 4 nitrogen and oxygen atoms in total. The zero-order chi connectivity index (χ0) is 13.6. The lowest BCUT2D eigenvalue weighted by Crippen LogP contribution is -2.37. The van der Waals surface area contributed by atoms with Gasteiger partial charge in [-0.15, -0.1) is 0 Å². The van der Waals surface area contributed by atoms with Crippen LogP contribution in [-0.4, -0.2) is 23.5 Å². The number of carboxylic acids is 1. The molecule has 0 radical (unpaired) electrons. The monoisotopic (exact) mass is 263 g/mol. The van der Waals surface area contributed by atoms with Crippen LogP contribution >= 0.6 is 0 Å². The molecule has 1 fully saturated rings. The number of nitrogens with zero attached hydrogens (tertiary/aromatic N) is 1. The van der Waals surface area contributed by atoms with Crippen LogP contribution < -0.4 is 4.90 Å². The van der Waals surface area contributed by atoms with Crippen molar-refractivity contribution in [3.63, 3.8) is 0 Å². The SMILES string of the molecule is O=C(O)[C@@H]1C[C@H]1C(=O)N1CCCc2cc(F)ccc21. The van der Waals surface area contributed by atoms with Crippen molar-refractivity contribution in [3.05, 3.63) is 29.6 Å². The summed E-state index contributed by atoms with van der Waals surface area (Å²) >= 11 is 0. The number of carboxylic acid groups (broad SMARTS) is 1. The van der Waals surface area contributed by atoms with Gasteiger partial charge in [0.05, 0.1) is 11.8 Å². The Morgan fingerprint density at radius 1 is 1.32 bits per heavy atom. The number of carbonyl (C=O) groups excluding carboxylic acids is 1. The predicted octanol–water partition coefficient (Wildman–Crippen LogP) is 1.83. The van der Waals surface area contributed by atoms with Gasteiger partial charge in [0.25, 0.3) is 0 Å². The third-order valence-corrected chi connectivity index (χ3v) is 3.85. The number of aliphatic carboxylic acids is 1. The fraction of sp³-hybridized carbons (Fsp3) is 0.429. The molecule has 1 aliphatic carbocycles. The second-order valence-corrected chi connectivity index (χ2v) is 5.15. The standard InChI is InChI=1S/C14H14FNO3/c15-9-3-4-12-8(6-9)2-1-5-16(12)13(17)10-7-11(10)14(18)19/h3-4,6,10-11H,1-2,5,7H2,(H,18,19)/t10-,11-/m1/s1. The highest BCUT2D eigenvalue weighted by molar-refractivity contribution is 6.00. The summed E-state index contributed by atoms with van der Waals surface area (Å²) in [7, 11) is 0. The number of halogens is 1. The Hall–Kier alpha value is -1.91. The van der Waals surface area contributed by atoms with Crippen LogP contribution in [0.2, 0.25) is 0 Å². The van der Waals surface area contributed by atoms with E-state index in [2.05, 4.69) is 0 Å². The second kappa shape index (κ2) is 4.33. The molecule has 0 aromatic heterocycles. The Kier molecular flexibility index (Phi) is 2.77. The maximum atomic E-state index is 13.2. The molecule has 0 saturated heterocycles. The number of amides is 1. The van der Waals surface area contributed by atoms with Crippen LogP contribution in [0.1, 0.15) is 18.4 Å². The number of fused-ring (bicyclic) bond motifs is 1. The second-order valence-electron chi connectivity index (χ2n) is 5.15. The van der Waals surface area contributed by atoms with Crippen molar-refractivity contribution in [1.29, 1.82) is 0 Å². The van der Waals surface area contributed by atoms with Crippen molar-refractivity contribution in [2.75, 3.05) is 11.4 Å². The van der Waals surface area contributed by atoms with E-state index in [9.17, 15) is 14.0 Å². The first-order valence-corrected chi connectivity index (χ1v) is 6.40. The Morgan fingerprint density at radius 3 is 2.79 bits per heavy atom. The number of rotatable bonds is 2. The predicted molar refractivity (Wildman–Crippen MR) is 66.3 cm³/mol. The summed E-state index contributed by atoms with van der Waals surface area (Å²) in [5.41, 5.74) is 1.56. The van der Waals surface area contributed by atoms with Crippen LogP contribution in [0, 0.1) is 17.7 Å². The van der Waals surface area contributed by atoms with Crippen molar-refractivity contribution < 1.29 is 19.1 Å². The zero-order valence-corrected chi connectivity index (χ0v) is 10.3. The molecule has 1 amide bonds. The van der Waals surface area contributed by atoms with Crippen LogP contribution in [0.15, 0.2) is 18.2 Å². The topological polar surface area (TPSA) is 57.6 Å². The molecular weight excluding hydrogens is 249 g/mol. The van der Waals surface area contributed by atoms with Gasteiger partial charge in [0.1, 0.15) is 5.82 Å². The van der Waals surface area contributed by atoms with Crippen molar-refractivity contribution >= 4 is 17.6 Å². The summed E-state index contributed by atoms with van der Waals surface area (Å²) in [4.78, 5) is 24.7. The molecule has 1 saturated carbocycles. The minimum absolute atomic E-state index is 0.139. The van der Waals surface area contributed by atoms with E-state index in [1.165, 1.54) is 12.1 Å². The quantitative estimate of drug-likeness (QED) is 0.885. The molecule has 19 heavy (non-hydrogen) atoms. The summed E-state index contributed by atoms with van der Waals surface area (Å²) < 4.78 is 13.2. The molecule has 5 heteroatoms. The molecule has 1 N–H and O–H groups in total. The molecule has 2 aliphatic rings. The molecule has 0 bridgehead atoms. The summed E-state index contributed by atoms with van der Waals surface area (Å²) in [5.74, 6) is -2.30. The number of benzene rings is 1. The van der Waals surface area contributed by atoms with E-state index in [0.717, 1.165) is 24.1 Å². The minimum Gasteiger partial charge on any atom is -0.481 e. The third-order valence-electron chi connectivity index (χ3n) is 3.85. The Balaban J connectivity index is 1.84. The van der Waals surface area contributed by atoms with Gasteiger partial charge in [-0.05, 0) is 43.0 Å². The maximum absolute atomic E-state index is 13.2. The highest BCUT2D eigenvalue weighted by Crippen LogP contribution is 2.42. The average molecular weight is 263 g/mol. The van der Waals surface area contributed by atoms with Gasteiger partial charge in [-0.25, -0.2) is 4.39 Å². The maximum Gasteiger partial charge on any atom is 0.307 e. The van der Waals surface area contributed by atoms with Crippen molar-refractivity contribution in [2.45, 2.75) is 19.3 Å². The summed E-state index contributed by atoms with van der Waals surface area (Å²) in [6, 6.07) is 4.41. The molecule has 0 spiro atoms. The van der Waals surface area contributed by atoms with Gasteiger partial charge in [-0.2, -0.15) is 0 Å². The number of anilines is 1. The van der Waals surface area contributed by atoms with Gasteiger partial charge >= 0.3 is 5.97 Å². The first kappa shape index (κ1) is 12.1. The van der Waals surface area contributed by atoms with E-state index < -0.39 is 17.8 Å². The van der Waals surface area contributed by atoms with Gasteiger partial charge in [-0.3, -0.25) is 9.59 Å². The van der Waals surface area contributed by atoms with E-state index in [1.807, 2.05) is 0 Å². The van der Waals surface area contributed by atoms with Crippen LogP contribution in [-0.2, 0) is 16.0 Å². The van der Waals surface area contributed by atoms with Crippen molar-refractivity contribution in [1.82, 2.24) is 0 Å². The molecular formula is C14H14FNO3. The Bertz CT molecular complexity index is 558. The highest BCUT2D eigenvalue weighted by Gasteiger charge is 2.50. The van der Waals surface area contributed by atoms with Crippen LogP contribution in [0.25, 0.3) is 0 Å². The van der Waals surface area contributed by atoms with E-state index in [-0.39, 0.29) is 11.7 Å².